The molecule has 0 aromatic heterocycles. The summed E-state index contributed by atoms with van der Waals surface area (Å²) in [4.78, 5) is 13.7. The number of urea groups is 1. The molecule has 1 heterocycles. The molecule has 2 rings (SSSR count). The summed E-state index contributed by atoms with van der Waals surface area (Å²) in [5.74, 6) is 0.465. The Balaban J connectivity index is 1.64. The van der Waals surface area contributed by atoms with Crippen LogP contribution in [0.15, 0.2) is 18.2 Å². The van der Waals surface area contributed by atoms with Crippen molar-refractivity contribution in [3.8, 4) is 0 Å². The number of ether oxygens (including phenoxy) is 1. The lowest BCUT2D eigenvalue weighted by atomic mass is 10.1. The van der Waals surface area contributed by atoms with Crippen LogP contribution in [0.4, 0.5) is 4.79 Å². The number of carbonyl (C=O) groups is 1. The zero-order valence-electron chi connectivity index (χ0n) is 12.8. The molecule has 122 valence electrons. The highest BCUT2D eigenvalue weighted by atomic mass is 35.5. The van der Waals surface area contributed by atoms with E-state index in [-0.39, 0.29) is 6.03 Å². The monoisotopic (exact) mass is 344 g/mol. The molecule has 6 heteroatoms. The Kier molecular flexibility index (Phi) is 6.80. The van der Waals surface area contributed by atoms with Crippen LogP contribution >= 0.6 is 23.2 Å². The van der Waals surface area contributed by atoms with Crippen molar-refractivity contribution >= 4 is 29.2 Å². The number of carbonyl (C=O) groups excluding carboxylic acids is 1. The molecule has 2 amide bonds. The molecule has 0 unspecified atom stereocenters. The first-order valence-corrected chi connectivity index (χ1v) is 8.32. The molecule has 1 aromatic rings. The predicted molar refractivity (Wildman–Crippen MR) is 89.7 cm³/mol. The van der Waals surface area contributed by atoms with Gasteiger partial charge in [-0.3, -0.25) is 0 Å². The maximum Gasteiger partial charge on any atom is 0.317 e. The highest BCUT2D eigenvalue weighted by molar-refractivity contribution is 6.42. The van der Waals surface area contributed by atoms with Crippen LogP contribution in [0.5, 0.6) is 0 Å². The Labute approximate surface area is 141 Å². The van der Waals surface area contributed by atoms with E-state index in [4.69, 9.17) is 27.9 Å². The van der Waals surface area contributed by atoms with Crippen molar-refractivity contribution in [2.75, 3.05) is 33.4 Å². The third-order valence-corrected chi connectivity index (χ3v) is 4.54. The van der Waals surface area contributed by atoms with Gasteiger partial charge in [-0.25, -0.2) is 4.79 Å². The second-order valence-electron chi connectivity index (χ2n) is 5.69. The molecule has 1 aliphatic heterocycles. The van der Waals surface area contributed by atoms with Gasteiger partial charge in [0.2, 0.25) is 0 Å². The number of amides is 2. The van der Waals surface area contributed by atoms with E-state index in [9.17, 15) is 4.79 Å². The Hall–Kier alpha value is -0.970. The lowest BCUT2D eigenvalue weighted by Gasteiger charge is -2.20. The number of nitrogens with zero attached hydrogens (tertiary/aromatic N) is 1. The van der Waals surface area contributed by atoms with Gasteiger partial charge in [0.15, 0.2) is 0 Å². The predicted octanol–water partition coefficient (Wildman–Crippen LogP) is 3.60. The van der Waals surface area contributed by atoms with Crippen molar-refractivity contribution in [2.24, 2.45) is 5.92 Å². The van der Waals surface area contributed by atoms with Gasteiger partial charge in [0.05, 0.1) is 16.7 Å². The molecule has 22 heavy (non-hydrogen) atoms. The van der Waals surface area contributed by atoms with Gasteiger partial charge in [-0.15, -0.1) is 0 Å². The van der Waals surface area contributed by atoms with Gasteiger partial charge in [-0.1, -0.05) is 29.3 Å². The summed E-state index contributed by atoms with van der Waals surface area (Å²) < 4.78 is 5.32. The molecule has 0 saturated carbocycles. The number of nitrogens with one attached hydrogen (secondary N) is 1. The van der Waals surface area contributed by atoms with E-state index in [2.05, 4.69) is 5.32 Å². The molecule has 1 atom stereocenters. The van der Waals surface area contributed by atoms with Crippen molar-refractivity contribution in [1.29, 1.82) is 0 Å². The maximum atomic E-state index is 12.0. The van der Waals surface area contributed by atoms with E-state index in [0.29, 0.717) is 22.5 Å². The van der Waals surface area contributed by atoms with Crippen LogP contribution in [0.3, 0.4) is 0 Å². The van der Waals surface area contributed by atoms with Crippen LogP contribution in [0, 0.1) is 5.92 Å². The van der Waals surface area contributed by atoms with Crippen LogP contribution in [0.2, 0.25) is 10.0 Å². The van der Waals surface area contributed by atoms with E-state index in [1.807, 2.05) is 19.2 Å². The van der Waals surface area contributed by atoms with Gasteiger partial charge in [0.25, 0.3) is 0 Å². The van der Waals surface area contributed by atoms with Crippen molar-refractivity contribution < 1.29 is 9.53 Å². The summed E-state index contributed by atoms with van der Waals surface area (Å²) in [5, 5.41) is 4.08. The third-order valence-electron chi connectivity index (χ3n) is 3.81. The third kappa shape index (κ3) is 5.34. The Morgan fingerprint density at radius 3 is 2.91 bits per heavy atom. The van der Waals surface area contributed by atoms with Gasteiger partial charge in [-0.2, -0.15) is 0 Å². The number of benzene rings is 1. The number of hydrogen-bond acceptors (Lipinski definition) is 2. The largest absolute Gasteiger partial charge is 0.381 e. The summed E-state index contributed by atoms with van der Waals surface area (Å²) >= 11 is 11.9. The van der Waals surface area contributed by atoms with Crippen LogP contribution < -0.4 is 5.32 Å². The molecular formula is C16H22Cl2N2O2. The molecule has 1 saturated heterocycles. The summed E-state index contributed by atoms with van der Waals surface area (Å²) in [6, 6.07) is 5.61. The fraction of sp³-hybridized carbons (Fsp3) is 0.562. The highest BCUT2D eigenvalue weighted by Gasteiger charge is 2.19. The van der Waals surface area contributed by atoms with Crippen LogP contribution in [-0.2, 0) is 11.2 Å². The lowest BCUT2D eigenvalue weighted by Crippen LogP contribution is -2.40. The lowest BCUT2D eigenvalue weighted by molar-refractivity contribution is 0.171. The van der Waals surface area contributed by atoms with E-state index in [0.717, 1.165) is 44.6 Å². The number of aryl methyl sites for hydroxylation is 1. The SMILES string of the molecule is CN(C[C@@H]1CCOC1)C(=O)NCCCc1ccc(Cl)c(Cl)c1. The van der Waals surface area contributed by atoms with E-state index in [1.165, 1.54) is 0 Å². The number of halogens is 2. The molecular weight excluding hydrogens is 323 g/mol. The number of rotatable bonds is 6. The molecule has 1 fully saturated rings. The zero-order valence-corrected chi connectivity index (χ0v) is 14.3. The summed E-state index contributed by atoms with van der Waals surface area (Å²) in [6.07, 6.45) is 2.76. The Morgan fingerprint density at radius 2 is 2.23 bits per heavy atom. The second-order valence-corrected chi connectivity index (χ2v) is 6.51. The fourth-order valence-electron chi connectivity index (χ4n) is 2.52. The van der Waals surface area contributed by atoms with Crippen molar-refractivity contribution in [3.63, 3.8) is 0 Å². The Morgan fingerprint density at radius 1 is 1.41 bits per heavy atom. The normalized spacial score (nSPS) is 17.5. The average molecular weight is 345 g/mol. The second kappa shape index (κ2) is 8.61. The summed E-state index contributed by atoms with van der Waals surface area (Å²) in [7, 11) is 1.83. The van der Waals surface area contributed by atoms with E-state index >= 15 is 0 Å². The maximum absolute atomic E-state index is 12.0. The van der Waals surface area contributed by atoms with Crippen molar-refractivity contribution in [2.45, 2.75) is 19.3 Å². The van der Waals surface area contributed by atoms with Crippen LogP contribution in [0.25, 0.3) is 0 Å². The molecule has 1 aliphatic rings. The minimum Gasteiger partial charge on any atom is -0.381 e. The van der Waals surface area contributed by atoms with Crippen LogP contribution in [-0.4, -0.2) is 44.3 Å². The van der Waals surface area contributed by atoms with Crippen molar-refractivity contribution in [1.82, 2.24) is 10.2 Å². The zero-order chi connectivity index (χ0) is 15.9. The highest BCUT2D eigenvalue weighted by Crippen LogP contribution is 2.23. The quantitative estimate of drug-likeness (QED) is 0.801. The van der Waals surface area contributed by atoms with Gasteiger partial charge < -0.3 is 15.0 Å². The molecule has 0 radical (unpaired) electrons. The number of hydrogen-bond donors (Lipinski definition) is 1. The minimum atomic E-state index is -0.0268. The minimum absolute atomic E-state index is 0.0268. The van der Waals surface area contributed by atoms with E-state index in [1.54, 1.807) is 11.0 Å². The topological polar surface area (TPSA) is 41.6 Å². The molecule has 0 aliphatic carbocycles. The van der Waals surface area contributed by atoms with Gasteiger partial charge in [0, 0.05) is 32.7 Å². The first-order chi connectivity index (χ1) is 10.6. The van der Waals surface area contributed by atoms with Crippen LogP contribution in [0.1, 0.15) is 18.4 Å². The molecule has 4 nitrogen and oxygen atoms in total. The van der Waals surface area contributed by atoms with Gasteiger partial charge >= 0.3 is 6.03 Å². The van der Waals surface area contributed by atoms with Gasteiger partial charge in [-0.05, 0) is 37.0 Å². The van der Waals surface area contributed by atoms with Gasteiger partial charge in [0.1, 0.15) is 0 Å². The molecule has 1 aromatic carbocycles. The first-order valence-electron chi connectivity index (χ1n) is 7.57. The standard InChI is InChI=1S/C16H22Cl2N2O2/c1-20(10-13-6-8-22-11-13)16(21)19-7-2-3-12-4-5-14(17)15(18)9-12/h4-5,9,13H,2-3,6-8,10-11H2,1H3,(H,19,21)/t13-/m0/s1. The average Bonchev–Trinajstić information content (AvgIpc) is 2.99. The molecule has 1 N–H and O–H groups in total. The van der Waals surface area contributed by atoms with E-state index < -0.39 is 0 Å². The Bertz CT molecular complexity index is 505. The molecule has 0 spiro atoms. The summed E-state index contributed by atoms with van der Waals surface area (Å²) in [6.45, 7) is 2.96. The molecule has 0 bridgehead atoms. The first kappa shape index (κ1) is 17.4. The fourth-order valence-corrected chi connectivity index (χ4v) is 2.84. The smallest absolute Gasteiger partial charge is 0.317 e. The summed E-state index contributed by atoms with van der Waals surface area (Å²) in [5.41, 5.74) is 1.13. The van der Waals surface area contributed by atoms with Crippen molar-refractivity contribution in [3.05, 3.63) is 33.8 Å².